The van der Waals surface area contributed by atoms with Crippen molar-refractivity contribution in [3.05, 3.63) is 117 Å². The van der Waals surface area contributed by atoms with Crippen molar-refractivity contribution >= 4 is 46.9 Å². The molecule has 3 atom stereocenters. The van der Waals surface area contributed by atoms with Crippen molar-refractivity contribution in [2.75, 3.05) is 45.3 Å². The summed E-state index contributed by atoms with van der Waals surface area (Å²) in [7, 11) is 3.05. The van der Waals surface area contributed by atoms with Gasteiger partial charge in [0.2, 0.25) is 0 Å². The lowest BCUT2D eigenvalue weighted by Crippen LogP contribution is -2.53. The second kappa shape index (κ2) is 18.5. The molecule has 0 aliphatic carbocycles. The highest BCUT2D eigenvalue weighted by molar-refractivity contribution is 6.35. The van der Waals surface area contributed by atoms with Crippen LogP contribution in [0.1, 0.15) is 58.8 Å². The number of halogens is 3. The van der Waals surface area contributed by atoms with Crippen LogP contribution in [-0.2, 0) is 27.2 Å². The third-order valence-electron chi connectivity index (χ3n) is 10.9. The molecule has 2 amide bonds. The van der Waals surface area contributed by atoms with E-state index >= 15 is 4.39 Å². The number of esters is 1. The van der Waals surface area contributed by atoms with Gasteiger partial charge in [-0.15, -0.1) is 0 Å². The molecule has 4 saturated heterocycles. The molecule has 0 saturated carbocycles. The van der Waals surface area contributed by atoms with E-state index in [0.29, 0.717) is 69.7 Å². The Morgan fingerprint density at radius 3 is 2.33 bits per heavy atom. The lowest BCUT2D eigenvalue weighted by atomic mass is 9.86. The number of rotatable bonds is 12. The van der Waals surface area contributed by atoms with Crippen molar-refractivity contribution in [2.24, 2.45) is 5.92 Å². The minimum absolute atomic E-state index is 0. The summed E-state index contributed by atoms with van der Waals surface area (Å²) in [5.74, 6) is -0.290. The Labute approximate surface area is 340 Å². The number of hydrogen-bond acceptors (Lipinski definition) is 9. The maximum absolute atomic E-state index is 15.2. The minimum Gasteiger partial charge on any atom is -0.870 e. The standard InChI is InChI=1S/C42H43Cl2FN4O7.H2O/c1-53-36-13-12-28(20-38(36)54-2)37(21-30-31(43)22-46-23-32(30)44)55-41(51)35-11-6-16-48(35)40(50)29-8-5-7-26(19-29)24-49(34-10-4-3-9-33(34)45)42(52)56-39-25-47-17-14-27(39)15-18-47;/h3-5,7-10,12-13,19-20,22-23,27,35,37,39H,6,11,14-18,21,24-25H2,1-2H3;1H2/t35-,37-,39-;/m0./s1. The number of benzene rings is 3. The fraction of sp³-hybridized carbons (Fsp3) is 0.381. The summed E-state index contributed by atoms with van der Waals surface area (Å²) in [5.41, 5.74) is 2.18. The zero-order valence-corrected chi connectivity index (χ0v) is 33.2. The van der Waals surface area contributed by atoms with E-state index in [9.17, 15) is 14.4 Å². The van der Waals surface area contributed by atoms with Gasteiger partial charge in [-0.25, -0.2) is 19.0 Å². The summed E-state index contributed by atoms with van der Waals surface area (Å²) in [6, 6.07) is 17.2. The molecule has 0 unspecified atom stereocenters. The van der Waals surface area contributed by atoms with Crippen LogP contribution in [0.4, 0.5) is 14.9 Å². The van der Waals surface area contributed by atoms with E-state index in [4.69, 9.17) is 42.1 Å². The molecular formula is C42H45Cl2FN4O8. The van der Waals surface area contributed by atoms with E-state index in [1.54, 1.807) is 67.0 Å². The number of nitrogens with one attached hydrogen (secondary N) is 1. The average Bonchev–Trinajstić information content (AvgIpc) is 3.72. The van der Waals surface area contributed by atoms with Crippen LogP contribution < -0.4 is 19.4 Å². The van der Waals surface area contributed by atoms with Crippen LogP contribution in [0.25, 0.3) is 0 Å². The Kier molecular flexibility index (Phi) is 13.6. The number of para-hydroxylation sites is 1. The number of pyridine rings is 1. The van der Waals surface area contributed by atoms with E-state index in [2.05, 4.69) is 9.88 Å². The number of H-pyrrole nitrogens is 1. The smallest absolute Gasteiger partial charge is 0.415 e. The van der Waals surface area contributed by atoms with Crippen molar-refractivity contribution in [3.63, 3.8) is 0 Å². The first-order chi connectivity index (χ1) is 27.1. The molecular weight excluding hydrogens is 778 g/mol. The first-order valence-electron chi connectivity index (χ1n) is 18.7. The average molecular weight is 824 g/mol. The van der Waals surface area contributed by atoms with Crippen LogP contribution in [0.3, 0.4) is 0 Å². The number of nitrogens with zero attached hydrogens (tertiary/aromatic N) is 3. The predicted octanol–water partition coefficient (Wildman–Crippen LogP) is 7.16. The third-order valence-corrected chi connectivity index (χ3v) is 11.6. The van der Waals surface area contributed by atoms with Crippen molar-refractivity contribution in [2.45, 2.75) is 56.9 Å². The summed E-state index contributed by atoms with van der Waals surface area (Å²) in [6.45, 7) is 2.93. The lowest BCUT2D eigenvalue weighted by Gasteiger charge is -2.44. The van der Waals surface area contributed by atoms with E-state index in [-0.39, 0.29) is 42.1 Å². The van der Waals surface area contributed by atoms with Crippen molar-refractivity contribution in [1.29, 1.82) is 0 Å². The Morgan fingerprint density at radius 2 is 1.65 bits per heavy atom. The van der Waals surface area contributed by atoms with Crippen LogP contribution in [0.5, 0.6) is 11.5 Å². The summed E-state index contributed by atoms with van der Waals surface area (Å²) in [4.78, 5) is 50.0. The monoisotopic (exact) mass is 822 g/mol. The van der Waals surface area contributed by atoms with Gasteiger partial charge in [0.25, 0.3) is 5.91 Å². The van der Waals surface area contributed by atoms with Crippen LogP contribution in [0.2, 0.25) is 10.0 Å². The molecule has 15 heteroatoms. The van der Waals surface area contributed by atoms with Gasteiger partial charge in [0.15, 0.2) is 23.9 Å². The van der Waals surface area contributed by atoms with Crippen LogP contribution in [0.15, 0.2) is 79.1 Å². The fourth-order valence-corrected chi connectivity index (χ4v) is 8.45. The fourth-order valence-electron chi connectivity index (χ4n) is 7.92. The highest BCUT2D eigenvalue weighted by atomic mass is 35.5. The maximum Gasteiger partial charge on any atom is 0.415 e. The largest absolute Gasteiger partial charge is 0.870 e. The third kappa shape index (κ3) is 9.28. The molecule has 2 bridgehead atoms. The zero-order chi connectivity index (χ0) is 39.3. The van der Waals surface area contributed by atoms with Crippen LogP contribution in [-0.4, -0.2) is 85.8 Å². The molecule has 4 aliphatic heterocycles. The predicted molar refractivity (Wildman–Crippen MR) is 210 cm³/mol. The Bertz CT molecular complexity index is 2060. The van der Waals surface area contributed by atoms with Gasteiger partial charge in [-0.1, -0.05) is 53.5 Å². The van der Waals surface area contributed by atoms with E-state index < -0.39 is 30.0 Å². The number of amides is 2. The van der Waals surface area contributed by atoms with Crippen molar-refractivity contribution < 1.29 is 48.2 Å². The Balaban J connectivity index is 0.00000549. The molecule has 5 heterocycles. The van der Waals surface area contributed by atoms with Gasteiger partial charge in [-0.3, -0.25) is 14.6 Å². The number of aromatic amines is 1. The minimum atomic E-state index is -0.865. The molecule has 2 N–H and O–H groups in total. The molecule has 0 spiro atoms. The second-order valence-electron chi connectivity index (χ2n) is 14.3. The van der Waals surface area contributed by atoms with Gasteiger partial charge < -0.3 is 29.3 Å². The topological polar surface area (TPSA) is 142 Å². The molecule has 4 aliphatic rings. The number of ether oxygens (including phenoxy) is 4. The molecule has 0 radical (unpaired) electrons. The summed E-state index contributed by atoms with van der Waals surface area (Å²) >= 11 is 13.0. The molecule has 8 rings (SSSR count). The summed E-state index contributed by atoms with van der Waals surface area (Å²) in [6.07, 6.45) is 4.48. The SMILES string of the molecule is COc1ccc([C@H](Cc2c(Cl)c[nH+]cc2Cl)OC(=O)[C@@H]2CCCN2C(=O)c2cccc(CN(C(=O)O[C@H]3CN4CCC3CC4)c3ccccc3F)c2)cc1OC.[OH-]. The molecule has 4 fully saturated rings. The number of carbonyl (C=O) groups is 3. The summed E-state index contributed by atoms with van der Waals surface area (Å²) in [5, 5.41) is 0.745. The second-order valence-corrected chi connectivity index (χ2v) is 15.1. The Morgan fingerprint density at radius 1 is 0.912 bits per heavy atom. The number of piperidine rings is 3. The maximum atomic E-state index is 15.2. The molecule has 302 valence electrons. The molecule has 1 aromatic heterocycles. The van der Waals surface area contributed by atoms with E-state index in [1.165, 1.54) is 36.2 Å². The van der Waals surface area contributed by atoms with Crippen LogP contribution >= 0.6 is 23.2 Å². The normalized spacial score (nSPS) is 20.3. The van der Waals surface area contributed by atoms with Gasteiger partial charge in [-0.05, 0) is 92.2 Å². The van der Waals surface area contributed by atoms with Crippen molar-refractivity contribution in [3.8, 4) is 11.5 Å². The van der Waals surface area contributed by atoms with Crippen LogP contribution in [0, 0.1) is 11.7 Å². The highest BCUT2D eigenvalue weighted by Gasteiger charge is 2.39. The Hall–Kier alpha value is -4.95. The first kappa shape index (κ1) is 41.7. The lowest BCUT2D eigenvalue weighted by molar-refractivity contribution is -0.377. The first-order valence-corrected chi connectivity index (χ1v) is 19.5. The molecule has 3 aromatic carbocycles. The van der Waals surface area contributed by atoms with Gasteiger partial charge in [0, 0.05) is 30.6 Å². The molecule has 4 aromatic rings. The van der Waals surface area contributed by atoms with E-state index in [0.717, 1.165) is 25.9 Å². The molecule has 12 nitrogen and oxygen atoms in total. The number of fused-ring (bicyclic) bond motifs is 3. The number of likely N-dealkylation sites (tertiary alicyclic amines) is 1. The van der Waals surface area contributed by atoms with Crippen molar-refractivity contribution in [1.82, 2.24) is 9.80 Å². The van der Waals surface area contributed by atoms with Gasteiger partial charge in [-0.2, -0.15) is 0 Å². The zero-order valence-electron chi connectivity index (χ0n) is 31.7. The number of anilines is 1. The number of aromatic nitrogens is 1. The quantitative estimate of drug-likeness (QED) is 0.136. The van der Waals surface area contributed by atoms with Gasteiger partial charge >= 0.3 is 12.1 Å². The molecule has 57 heavy (non-hydrogen) atoms. The van der Waals surface area contributed by atoms with Gasteiger partial charge in [0.1, 0.15) is 34.1 Å². The highest BCUT2D eigenvalue weighted by Crippen LogP contribution is 2.36. The number of methoxy groups -OCH3 is 2. The number of carbonyl (C=O) groups excluding carboxylic acids is 3. The number of hydrogen-bond donors (Lipinski definition) is 0. The summed E-state index contributed by atoms with van der Waals surface area (Å²) < 4.78 is 38.4. The van der Waals surface area contributed by atoms with Gasteiger partial charge in [0.05, 0.1) is 26.5 Å². The van der Waals surface area contributed by atoms with E-state index in [1.807, 2.05) is 0 Å².